The molecule has 0 fully saturated rings. The third kappa shape index (κ3) is 8.16. The van der Waals surface area contributed by atoms with Gasteiger partial charge >= 0.3 is 0 Å². The molecule has 230 valence electrons. The molecule has 4 aromatic carbocycles. The molecular weight excluding hydrogens is 624 g/mol. The van der Waals surface area contributed by atoms with Crippen LogP contribution < -0.4 is 9.62 Å². The molecule has 0 aliphatic heterocycles. The topological polar surface area (TPSA) is 86.8 Å². The first-order valence-electron chi connectivity index (χ1n) is 14.0. The molecule has 0 saturated heterocycles. The summed E-state index contributed by atoms with van der Waals surface area (Å²) < 4.78 is 43.8. The molecule has 11 heteroatoms. The van der Waals surface area contributed by atoms with E-state index in [9.17, 15) is 22.4 Å². The number of sulfonamides is 1. The van der Waals surface area contributed by atoms with Crippen LogP contribution in [0.3, 0.4) is 0 Å². The minimum absolute atomic E-state index is 0.0546. The zero-order valence-electron chi connectivity index (χ0n) is 24.0. The molecule has 0 aliphatic carbocycles. The number of nitrogens with one attached hydrogen (secondary N) is 1. The van der Waals surface area contributed by atoms with Crippen molar-refractivity contribution in [2.24, 2.45) is 0 Å². The van der Waals surface area contributed by atoms with Crippen LogP contribution in [0.1, 0.15) is 24.5 Å². The maximum absolute atomic E-state index is 15.0. The second-order valence-corrected chi connectivity index (χ2v) is 12.7. The molecule has 7 nitrogen and oxygen atoms in total. The van der Waals surface area contributed by atoms with Gasteiger partial charge in [-0.25, -0.2) is 12.8 Å². The SMILES string of the molecule is CCCNC(=O)[C@H](Cc1ccccc1)N(Cc1ccccc1F)C(=O)CN(c1ccc(Cl)c(Cl)c1)S(=O)(=O)c1ccccc1. The van der Waals surface area contributed by atoms with Gasteiger partial charge in [-0.15, -0.1) is 0 Å². The van der Waals surface area contributed by atoms with E-state index in [2.05, 4.69) is 5.32 Å². The van der Waals surface area contributed by atoms with Crippen LogP contribution in [0.5, 0.6) is 0 Å². The van der Waals surface area contributed by atoms with Crippen LogP contribution in [0.2, 0.25) is 10.0 Å². The average Bonchev–Trinajstić information content (AvgIpc) is 3.03. The summed E-state index contributed by atoms with van der Waals surface area (Å²) in [7, 11) is -4.30. The first-order chi connectivity index (χ1) is 21.1. The molecule has 0 radical (unpaired) electrons. The highest BCUT2D eigenvalue weighted by atomic mass is 35.5. The van der Waals surface area contributed by atoms with Gasteiger partial charge in [0, 0.05) is 25.1 Å². The zero-order valence-corrected chi connectivity index (χ0v) is 26.3. The fourth-order valence-corrected chi connectivity index (χ4v) is 6.34. The smallest absolute Gasteiger partial charge is 0.264 e. The molecule has 4 rings (SSSR count). The molecule has 1 N–H and O–H groups in total. The van der Waals surface area contributed by atoms with Crippen molar-refractivity contribution >= 4 is 50.7 Å². The van der Waals surface area contributed by atoms with Crippen molar-refractivity contribution in [2.45, 2.75) is 37.2 Å². The number of rotatable bonds is 13. The van der Waals surface area contributed by atoms with E-state index in [4.69, 9.17) is 23.2 Å². The minimum atomic E-state index is -4.30. The van der Waals surface area contributed by atoms with Gasteiger partial charge in [-0.2, -0.15) is 0 Å². The van der Waals surface area contributed by atoms with E-state index in [-0.39, 0.29) is 39.2 Å². The maximum atomic E-state index is 15.0. The highest BCUT2D eigenvalue weighted by Crippen LogP contribution is 2.31. The monoisotopic (exact) mass is 655 g/mol. The molecule has 0 unspecified atom stereocenters. The number of hydrogen-bond acceptors (Lipinski definition) is 4. The Balaban J connectivity index is 1.81. The van der Waals surface area contributed by atoms with E-state index in [1.54, 1.807) is 24.3 Å². The van der Waals surface area contributed by atoms with E-state index >= 15 is 0 Å². The summed E-state index contributed by atoms with van der Waals surface area (Å²) in [6, 6.07) is 25.9. The zero-order chi connectivity index (χ0) is 31.7. The van der Waals surface area contributed by atoms with Crippen LogP contribution in [0.25, 0.3) is 0 Å². The van der Waals surface area contributed by atoms with Gasteiger partial charge in [-0.3, -0.25) is 13.9 Å². The van der Waals surface area contributed by atoms with Crippen LogP contribution in [0.4, 0.5) is 10.1 Å². The number of hydrogen-bond donors (Lipinski definition) is 1. The third-order valence-corrected chi connectivity index (χ3v) is 9.45. The summed E-state index contributed by atoms with van der Waals surface area (Å²) in [6.45, 7) is 1.29. The number of carbonyl (C=O) groups is 2. The Hall–Kier alpha value is -3.92. The number of nitrogens with zero attached hydrogens (tertiary/aromatic N) is 2. The molecule has 0 spiro atoms. The van der Waals surface area contributed by atoms with Gasteiger partial charge in [0.15, 0.2) is 0 Å². The van der Waals surface area contributed by atoms with Crippen molar-refractivity contribution in [3.63, 3.8) is 0 Å². The number of amides is 2. The first kappa shape index (κ1) is 33.0. The lowest BCUT2D eigenvalue weighted by molar-refractivity contribution is -0.140. The summed E-state index contributed by atoms with van der Waals surface area (Å²) >= 11 is 12.4. The molecule has 2 amide bonds. The van der Waals surface area contributed by atoms with Crippen molar-refractivity contribution in [3.05, 3.63) is 130 Å². The number of benzene rings is 4. The number of carbonyl (C=O) groups excluding carboxylic acids is 2. The average molecular weight is 657 g/mol. The van der Waals surface area contributed by atoms with Crippen molar-refractivity contribution in [3.8, 4) is 0 Å². The van der Waals surface area contributed by atoms with Crippen molar-refractivity contribution in [2.75, 3.05) is 17.4 Å². The molecule has 0 aromatic heterocycles. The Morgan fingerprint density at radius 1 is 0.864 bits per heavy atom. The lowest BCUT2D eigenvalue weighted by Gasteiger charge is -2.34. The molecular formula is C33H32Cl2FN3O4S. The Morgan fingerprint density at radius 3 is 2.14 bits per heavy atom. The summed E-state index contributed by atoms with van der Waals surface area (Å²) in [6.07, 6.45) is 0.778. The van der Waals surface area contributed by atoms with Crippen LogP contribution in [0.15, 0.2) is 108 Å². The van der Waals surface area contributed by atoms with Crippen LogP contribution >= 0.6 is 23.2 Å². The molecule has 0 saturated carbocycles. The van der Waals surface area contributed by atoms with Gasteiger partial charge in [0.1, 0.15) is 18.4 Å². The van der Waals surface area contributed by atoms with E-state index in [0.29, 0.717) is 13.0 Å². The lowest BCUT2D eigenvalue weighted by atomic mass is 10.0. The number of halogens is 3. The van der Waals surface area contributed by atoms with Gasteiger partial charge in [0.2, 0.25) is 11.8 Å². The van der Waals surface area contributed by atoms with Crippen LogP contribution in [0, 0.1) is 5.82 Å². The Morgan fingerprint density at radius 2 is 1.50 bits per heavy atom. The second kappa shape index (κ2) is 15.2. The first-order valence-corrected chi connectivity index (χ1v) is 16.2. The summed E-state index contributed by atoms with van der Waals surface area (Å²) in [5.41, 5.74) is 1.04. The summed E-state index contributed by atoms with van der Waals surface area (Å²) in [4.78, 5) is 29.1. The van der Waals surface area contributed by atoms with Gasteiger partial charge in [-0.1, -0.05) is 96.9 Å². The third-order valence-electron chi connectivity index (χ3n) is 6.92. The molecule has 0 heterocycles. The van der Waals surface area contributed by atoms with Gasteiger partial charge in [0.25, 0.3) is 10.0 Å². The minimum Gasteiger partial charge on any atom is -0.354 e. The Labute approximate surface area is 267 Å². The van der Waals surface area contributed by atoms with Crippen LogP contribution in [-0.2, 0) is 32.6 Å². The highest BCUT2D eigenvalue weighted by molar-refractivity contribution is 7.92. The van der Waals surface area contributed by atoms with Gasteiger partial charge in [-0.05, 0) is 48.4 Å². The maximum Gasteiger partial charge on any atom is 0.264 e. The second-order valence-electron chi connectivity index (χ2n) is 10.0. The highest BCUT2D eigenvalue weighted by Gasteiger charge is 2.35. The predicted molar refractivity (Wildman–Crippen MR) is 172 cm³/mol. The predicted octanol–water partition coefficient (Wildman–Crippen LogP) is 6.49. The van der Waals surface area contributed by atoms with Gasteiger partial charge in [0.05, 0.1) is 20.6 Å². The fraction of sp³-hybridized carbons (Fsp3) is 0.212. The quantitative estimate of drug-likeness (QED) is 0.178. The fourth-order valence-electron chi connectivity index (χ4n) is 4.62. The molecule has 0 aliphatic rings. The standard InChI is InChI=1S/C33H32Cl2FN3O4S/c1-2-19-37-33(41)31(20-24-11-5-3-6-12-24)38(22-25-13-9-10-16-30(25)36)32(40)23-39(26-17-18-28(34)29(35)21-26)44(42,43)27-14-7-4-8-15-27/h3-18,21,31H,2,19-20,22-23H2,1H3,(H,37,41)/t31-/m0/s1. The molecule has 4 aromatic rings. The molecule has 44 heavy (non-hydrogen) atoms. The summed E-state index contributed by atoms with van der Waals surface area (Å²) in [5.74, 6) is -1.71. The van der Waals surface area contributed by atoms with Crippen molar-refractivity contribution in [1.82, 2.24) is 10.2 Å². The Kier molecular flexibility index (Phi) is 11.4. The molecule has 0 bridgehead atoms. The van der Waals surface area contributed by atoms with Crippen LogP contribution in [-0.4, -0.2) is 44.3 Å². The largest absolute Gasteiger partial charge is 0.354 e. The summed E-state index contributed by atoms with van der Waals surface area (Å²) in [5, 5.41) is 3.15. The van der Waals surface area contributed by atoms with E-state index in [1.807, 2.05) is 37.3 Å². The van der Waals surface area contributed by atoms with Crippen molar-refractivity contribution in [1.29, 1.82) is 0 Å². The normalized spacial score (nSPS) is 11.9. The van der Waals surface area contributed by atoms with E-state index in [0.717, 1.165) is 9.87 Å². The van der Waals surface area contributed by atoms with E-state index in [1.165, 1.54) is 53.4 Å². The number of anilines is 1. The van der Waals surface area contributed by atoms with Crippen molar-refractivity contribution < 1.29 is 22.4 Å². The molecule has 1 atom stereocenters. The van der Waals surface area contributed by atoms with E-state index < -0.39 is 40.2 Å². The Bertz CT molecular complexity index is 1690. The lowest BCUT2D eigenvalue weighted by Crippen LogP contribution is -2.53. The van der Waals surface area contributed by atoms with Gasteiger partial charge < -0.3 is 10.2 Å².